The molecular weight excluding hydrogens is 222 g/mol. The lowest BCUT2D eigenvalue weighted by atomic mass is 10.2. The minimum Gasteiger partial charge on any atom is -0.396 e. The summed E-state index contributed by atoms with van der Waals surface area (Å²) in [6.45, 7) is 2.94. The Morgan fingerprint density at radius 1 is 1.56 bits per heavy atom. The van der Waals surface area contributed by atoms with E-state index in [1.54, 1.807) is 16.2 Å². The molecule has 0 spiro atoms. The Balaban J connectivity index is 2.32. The zero-order valence-electron chi connectivity index (χ0n) is 9.90. The average molecular weight is 241 g/mol. The van der Waals surface area contributed by atoms with Gasteiger partial charge in [-0.1, -0.05) is 0 Å². The number of likely N-dealkylation sites (N-methyl/N-ethyl adjacent to an activating group) is 1. The highest BCUT2D eigenvalue weighted by Crippen LogP contribution is 2.16. The fourth-order valence-electron chi connectivity index (χ4n) is 1.48. The van der Waals surface area contributed by atoms with Gasteiger partial charge in [0, 0.05) is 31.5 Å². The number of hydrogen-bond acceptors (Lipinski definition) is 3. The van der Waals surface area contributed by atoms with Gasteiger partial charge in [0.2, 0.25) is 5.91 Å². The van der Waals surface area contributed by atoms with Crippen LogP contribution >= 0.6 is 11.3 Å². The van der Waals surface area contributed by atoms with Crippen molar-refractivity contribution >= 4 is 17.2 Å². The Bertz CT molecular complexity index is 336. The van der Waals surface area contributed by atoms with Crippen molar-refractivity contribution in [2.24, 2.45) is 0 Å². The lowest BCUT2D eigenvalue weighted by Gasteiger charge is -2.16. The average Bonchev–Trinajstić information content (AvgIpc) is 2.68. The Kier molecular flexibility index (Phi) is 5.49. The Labute approximate surface area is 101 Å². The lowest BCUT2D eigenvalue weighted by molar-refractivity contribution is -0.130. The van der Waals surface area contributed by atoms with Gasteiger partial charge in [-0.15, -0.1) is 11.3 Å². The van der Waals surface area contributed by atoms with Crippen LogP contribution in [-0.4, -0.2) is 36.1 Å². The first kappa shape index (κ1) is 13.2. The van der Waals surface area contributed by atoms with Crippen molar-refractivity contribution in [2.45, 2.75) is 26.2 Å². The Hall–Kier alpha value is -0.870. The van der Waals surface area contributed by atoms with Gasteiger partial charge >= 0.3 is 0 Å². The number of amides is 1. The van der Waals surface area contributed by atoms with E-state index in [-0.39, 0.29) is 12.5 Å². The van der Waals surface area contributed by atoms with Crippen LogP contribution in [0, 0.1) is 6.92 Å². The summed E-state index contributed by atoms with van der Waals surface area (Å²) in [6.07, 6.45) is 1.92. The first-order chi connectivity index (χ1) is 7.65. The minimum atomic E-state index is 0.0869. The van der Waals surface area contributed by atoms with Crippen molar-refractivity contribution in [1.29, 1.82) is 0 Å². The number of thiophene rings is 1. The molecule has 0 bridgehead atoms. The van der Waals surface area contributed by atoms with Crippen molar-refractivity contribution < 1.29 is 9.90 Å². The summed E-state index contributed by atoms with van der Waals surface area (Å²) in [5.41, 5.74) is 1.31. The predicted octanol–water partition coefficient (Wildman–Crippen LogP) is 1.83. The van der Waals surface area contributed by atoms with Crippen LogP contribution in [0.25, 0.3) is 0 Å². The van der Waals surface area contributed by atoms with Crippen LogP contribution in [0.2, 0.25) is 0 Å². The second-order valence-electron chi connectivity index (χ2n) is 3.92. The van der Waals surface area contributed by atoms with E-state index in [1.165, 1.54) is 10.4 Å². The van der Waals surface area contributed by atoms with Crippen LogP contribution in [-0.2, 0) is 11.2 Å². The monoisotopic (exact) mass is 241 g/mol. The number of aliphatic hydroxyl groups excluding tert-OH is 1. The quantitative estimate of drug-likeness (QED) is 0.825. The number of carbonyl (C=O) groups excluding carboxylic acids is 1. The van der Waals surface area contributed by atoms with Gasteiger partial charge in [0.05, 0.1) is 0 Å². The third-order valence-corrected chi connectivity index (χ3v) is 3.70. The second-order valence-corrected chi connectivity index (χ2v) is 4.92. The molecule has 0 radical (unpaired) electrons. The zero-order valence-corrected chi connectivity index (χ0v) is 10.7. The van der Waals surface area contributed by atoms with E-state index in [9.17, 15) is 4.79 Å². The molecule has 3 nitrogen and oxygen atoms in total. The molecule has 0 aromatic carbocycles. The van der Waals surface area contributed by atoms with Gasteiger partial charge in [0.25, 0.3) is 0 Å². The maximum atomic E-state index is 11.6. The van der Waals surface area contributed by atoms with Crippen LogP contribution in [0.15, 0.2) is 11.4 Å². The number of hydrogen-bond donors (Lipinski definition) is 1. The molecule has 1 N–H and O–H groups in total. The largest absolute Gasteiger partial charge is 0.396 e. The number of aliphatic hydroxyl groups is 1. The summed E-state index contributed by atoms with van der Waals surface area (Å²) in [5.74, 6) is 0.114. The van der Waals surface area contributed by atoms with Gasteiger partial charge in [-0.3, -0.25) is 4.79 Å². The highest BCUT2D eigenvalue weighted by Gasteiger charge is 2.09. The van der Waals surface area contributed by atoms with Gasteiger partial charge < -0.3 is 10.0 Å². The van der Waals surface area contributed by atoms with E-state index in [4.69, 9.17) is 5.11 Å². The molecule has 90 valence electrons. The van der Waals surface area contributed by atoms with Crippen LogP contribution in [0.1, 0.15) is 23.3 Å². The summed E-state index contributed by atoms with van der Waals surface area (Å²) < 4.78 is 0. The molecular formula is C12H19NO2S. The first-order valence-electron chi connectivity index (χ1n) is 5.53. The van der Waals surface area contributed by atoms with Crippen molar-refractivity contribution in [2.75, 3.05) is 20.2 Å². The molecule has 0 aliphatic rings. The first-order valence-corrected chi connectivity index (χ1v) is 6.41. The molecule has 1 rings (SSSR count). The summed E-state index contributed by atoms with van der Waals surface area (Å²) in [4.78, 5) is 14.7. The smallest absolute Gasteiger partial charge is 0.222 e. The Morgan fingerprint density at radius 2 is 2.31 bits per heavy atom. The molecule has 0 fully saturated rings. The number of aryl methyl sites for hydroxylation is 1. The molecule has 0 saturated heterocycles. The highest BCUT2D eigenvalue weighted by atomic mass is 32.1. The maximum absolute atomic E-state index is 11.6. The molecule has 0 atom stereocenters. The van der Waals surface area contributed by atoms with E-state index in [2.05, 4.69) is 18.4 Å². The van der Waals surface area contributed by atoms with Gasteiger partial charge in [-0.05, 0) is 36.8 Å². The number of carbonyl (C=O) groups is 1. The van der Waals surface area contributed by atoms with E-state index in [0.29, 0.717) is 12.8 Å². The SMILES string of the molecule is Cc1ccsc1CCN(C)C(=O)CCCO. The minimum absolute atomic E-state index is 0.0869. The van der Waals surface area contributed by atoms with Crippen LogP contribution < -0.4 is 0 Å². The number of nitrogens with zero attached hydrogens (tertiary/aromatic N) is 1. The van der Waals surface area contributed by atoms with Gasteiger partial charge in [0.15, 0.2) is 0 Å². The van der Waals surface area contributed by atoms with Crippen molar-refractivity contribution in [3.63, 3.8) is 0 Å². The summed E-state index contributed by atoms with van der Waals surface area (Å²) in [5, 5.41) is 10.7. The van der Waals surface area contributed by atoms with E-state index < -0.39 is 0 Å². The fourth-order valence-corrected chi connectivity index (χ4v) is 2.37. The summed E-state index contributed by atoms with van der Waals surface area (Å²) in [7, 11) is 1.82. The van der Waals surface area contributed by atoms with Crippen molar-refractivity contribution in [3.8, 4) is 0 Å². The van der Waals surface area contributed by atoms with Crippen molar-refractivity contribution in [3.05, 3.63) is 21.9 Å². The predicted molar refractivity (Wildman–Crippen MR) is 66.7 cm³/mol. The normalized spacial score (nSPS) is 10.4. The fraction of sp³-hybridized carbons (Fsp3) is 0.583. The summed E-state index contributed by atoms with van der Waals surface area (Å²) >= 11 is 1.74. The third-order valence-electron chi connectivity index (χ3n) is 2.62. The molecule has 0 aliphatic heterocycles. The van der Waals surface area contributed by atoms with Crippen LogP contribution in [0.5, 0.6) is 0 Å². The molecule has 1 heterocycles. The van der Waals surface area contributed by atoms with Gasteiger partial charge in [-0.2, -0.15) is 0 Å². The maximum Gasteiger partial charge on any atom is 0.222 e. The second kappa shape index (κ2) is 6.66. The van der Waals surface area contributed by atoms with Crippen molar-refractivity contribution in [1.82, 2.24) is 4.90 Å². The van der Waals surface area contributed by atoms with Gasteiger partial charge in [0.1, 0.15) is 0 Å². The third kappa shape index (κ3) is 3.94. The summed E-state index contributed by atoms with van der Waals surface area (Å²) in [6, 6.07) is 2.10. The van der Waals surface area contributed by atoms with Gasteiger partial charge in [-0.25, -0.2) is 0 Å². The van der Waals surface area contributed by atoms with E-state index >= 15 is 0 Å². The molecule has 0 saturated carbocycles. The lowest BCUT2D eigenvalue weighted by Crippen LogP contribution is -2.28. The van der Waals surface area contributed by atoms with E-state index in [0.717, 1.165) is 13.0 Å². The van der Waals surface area contributed by atoms with Crippen LogP contribution in [0.3, 0.4) is 0 Å². The highest BCUT2D eigenvalue weighted by molar-refractivity contribution is 7.10. The topological polar surface area (TPSA) is 40.5 Å². The molecule has 1 aromatic rings. The van der Waals surface area contributed by atoms with Crippen LogP contribution in [0.4, 0.5) is 0 Å². The molecule has 1 aromatic heterocycles. The Morgan fingerprint density at radius 3 is 2.88 bits per heavy atom. The van der Waals surface area contributed by atoms with E-state index in [1.807, 2.05) is 7.05 Å². The molecule has 16 heavy (non-hydrogen) atoms. The number of rotatable bonds is 6. The molecule has 4 heteroatoms. The molecule has 0 aliphatic carbocycles. The molecule has 0 unspecified atom stereocenters. The molecule has 1 amide bonds. The zero-order chi connectivity index (χ0) is 12.0. The standard InChI is InChI=1S/C12H19NO2S/c1-10-6-9-16-11(10)5-7-13(2)12(15)4-3-8-14/h6,9,14H,3-5,7-8H2,1-2H3.